The Hall–Kier alpha value is -0.900. The second-order valence-electron chi connectivity index (χ2n) is 3.86. The fourth-order valence-corrected chi connectivity index (χ4v) is 2.22. The molecular weight excluding hydrogens is 349 g/mol. The molecule has 0 fully saturated rings. The molecule has 0 saturated carbocycles. The van der Waals surface area contributed by atoms with E-state index >= 15 is 0 Å². The van der Waals surface area contributed by atoms with Gasteiger partial charge in [0.05, 0.1) is 10.0 Å². The summed E-state index contributed by atoms with van der Waals surface area (Å²) in [5.74, 6) is 0.713. The summed E-state index contributed by atoms with van der Waals surface area (Å²) in [6.45, 7) is 1.25. The molecule has 0 spiro atoms. The zero-order valence-electron chi connectivity index (χ0n) is 10.00. The molecule has 0 saturated heterocycles. The number of rotatable bonds is 5. The minimum Gasteiger partial charge on any atom is -0.492 e. The molecule has 5 heteroatoms. The molecular formula is C14H12BrCl2NO. The number of nitrogens with one attached hydrogen (secondary N) is 1. The minimum atomic E-state index is 0.499. The van der Waals surface area contributed by atoms with Crippen molar-refractivity contribution in [2.75, 3.05) is 18.5 Å². The van der Waals surface area contributed by atoms with Gasteiger partial charge in [-0.15, -0.1) is 0 Å². The van der Waals surface area contributed by atoms with Gasteiger partial charge in [0.2, 0.25) is 0 Å². The summed E-state index contributed by atoms with van der Waals surface area (Å²) in [7, 11) is 0. The normalized spacial score (nSPS) is 10.3. The van der Waals surface area contributed by atoms with Crippen LogP contribution in [0.15, 0.2) is 46.9 Å². The molecule has 1 N–H and O–H groups in total. The Morgan fingerprint density at radius 1 is 1.05 bits per heavy atom. The Balaban J connectivity index is 1.79. The summed E-state index contributed by atoms with van der Waals surface area (Å²) >= 11 is 15.2. The first kappa shape index (κ1) is 14.5. The van der Waals surface area contributed by atoms with E-state index in [9.17, 15) is 0 Å². The molecule has 0 atom stereocenters. The highest BCUT2D eigenvalue weighted by Gasteiger charge is 2.00. The third-order valence-corrected chi connectivity index (χ3v) is 3.65. The highest BCUT2D eigenvalue weighted by atomic mass is 79.9. The summed E-state index contributed by atoms with van der Waals surface area (Å²) in [6, 6.07) is 13.2. The van der Waals surface area contributed by atoms with Crippen molar-refractivity contribution < 1.29 is 4.74 Å². The lowest BCUT2D eigenvalue weighted by Crippen LogP contribution is -2.11. The van der Waals surface area contributed by atoms with Gasteiger partial charge in [-0.25, -0.2) is 0 Å². The molecule has 2 aromatic rings. The molecule has 0 aromatic heterocycles. The quantitative estimate of drug-likeness (QED) is 0.735. The second kappa shape index (κ2) is 7.04. The summed E-state index contributed by atoms with van der Waals surface area (Å²) in [4.78, 5) is 0. The molecule has 0 bridgehead atoms. The van der Waals surface area contributed by atoms with Gasteiger partial charge in [0, 0.05) is 22.8 Å². The summed E-state index contributed by atoms with van der Waals surface area (Å²) < 4.78 is 6.62. The Bertz CT molecular complexity index is 563. The molecule has 2 nitrogen and oxygen atoms in total. The number of anilines is 1. The average molecular weight is 361 g/mol. The monoisotopic (exact) mass is 359 g/mol. The third-order valence-electron chi connectivity index (χ3n) is 2.42. The number of halogens is 3. The smallest absolute Gasteiger partial charge is 0.120 e. The summed E-state index contributed by atoms with van der Waals surface area (Å²) in [5, 5.41) is 4.30. The molecule has 2 rings (SSSR count). The fourth-order valence-electron chi connectivity index (χ4n) is 1.53. The van der Waals surface area contributed by atoms with Crippen molar-refractivity contribution in [3.05, 3.63) is 57.0 Å². The molecule has 2 aromatic carbocycles. The lowest BCUT2D eigenvalue weighted by Gasteiger charge is -2.09. The van der Waals surface area contributed by atoms with Crippen LogP contribution in [0.4, 0.5) is 5.69 Å². The topological polar surface area (TPSA) is 21.3 Å². The van der Waals surface area contributed by atoms with Gasteiger partial charge < -0.3 is 10.1 Å². The fraction of sp³-hybridized carbons (Fsp3) is 0.143. The maximum atomic E-state index is 5.91. The maximum absolute atomic E-state index is 5.91. The van der Waals surface area contributed by atoms with Gasteiger partial charge in [-0.1, -0.05) is 45.2 Å². The van der Waals surface area contributed by atoms with E-state index in [0.717, 1.165) is 10.2 Å². The van der Waals surface area contributed by atoms with Crippen molar-refractivity contribution in [3.8, 4) is 5.75 Å². The molecule has 0 radical (unpaired) electrons. The standard InChI is InChI=1S/C14H12BrCl2NO/c15-10-2-1-3-11(8-10)18-6-7-19-12-4-5-13(16)14(17)9-12/h1-5,8-9,18H,6-7H2. The van der Waals surface area contributed by atoms with E-state index in [2.05, 4.69) is 21.2 Å². The van der Waals surface area contributed by atoms with Crippen LogP contribution in [0.25, 0.3) is 0 Å². The van der Waals surface area contributed by atoms with Crippen molar-refractivity contribution in [1.29, 1.82) is 0 Å². The van der Waals surface area contributed by atoms with E-state index in [1.54, 1.807) is 18.2 Å². The lowest BCUT2D eigenvalue weighted by molar-refractivity contribution is 0.333. The molecule has 0 heterocycles. The van der Waals surface area contributed by atoms with Gasteiger partial charge >= 0.3 is 0 Å². The average Bonchev–Trinajstić information content (AvgIpc) is 2.39. The Morgan fingerprint density at radius 3 is 2.63 bits per heavy atom. The van der Waals surface area contributed by atoms with Crippen LogP contribution < -0.4 is 10.1 Å². The van der Waals surface area contributed by atoms with Crippen LogP contribution in [-0.4, -0.2) is 13.2 Å². The van der Waals surface area contributed by atoms with Crippen LogP contribution in [0.1, 0.15) is 0 Å². The zero-order chi connectivity index (χ0) is 13.7. The second-order valence-corrected chi connectivity index (χ2v) is 5.59. The molecule has 100 valence electrons. The third kappa shape index (κ3) is 4.60. The van der Waals surface area contributed by atoms with Crippen molar-refractivity contribution in [2.24, 2.45) is 0 Å². The summed E-state index contributed by atoms with van der Waals surface area (Å²) in [6.07, 6.45) is 0. The SMILES string of the molecule is Clc1ccc(OCCNc2cccc(Br)c2)cc1Cl. The van der Waals surface area contributed by atoms with Crippen molar-refractivity contribution in [3.63, 3.8) is 0 Å². The van der Waals surface area contributed by atoms with Crippen molar-refractivity contribution in [1.82, 2.24) is 0 Å². The zero-order valence-corrected chi connectivity index (χ0v) is 13.1. The first-order valence-electron chi connectivity index (χ1n) is 5.72. The van der Waals surface area contributed by atoms with Gasteiger partial charge in [-0.05, 0) is 30.3 Å². The summed E-state index contributed by atoms with van der Waals surface area (Å²) in [5.41, 5.74) is 1.05. The van der Waals surface area contributed by atoms with Crippen molar-refractivity contribution >= 4 is 44.8 Å². The molecule has 0 unspecified atom stereocenters. The van der Waals surface area contributed by atoms with E-state index < -0.39 is 0 Å². The Labute approximate surface area is 130 Å². The Kier molecular flexibility index (Phi) is 5.37. The van der Waals surface area contributed by atoms with E-state index in [-0.39, 0.29) is 0 Å². The Morgan fingerprint density at radius 2 is 1.89 bits per heavy atom. The lowest BCUT2D eigenvalue weighted by atomic mass is 10.3. The number of hydrogen-bond acceptors (Lipinski definition) is 2. The highest BCUT2D eigenvalue weighted by Crippen LogP contribution is 2.26. The van der Waals surface area contributed by atoms with Gasteiger partial charge in [-0.3, -0.25) is 0 Å². The van der Waals surface area contributed by atoms with Crippen molar-refractivity contribution in [2.45, 2.75) is 0 Å². The van der Waals surface area contributed by atoms with Gasteiger partial charge in [-0.2, -0.15) is 0 Å². The van der Waals surface area contributed by atoms with E-state index in [1.165, 1.54) is 0 Å². The number of hydrogen-bond donors (Lipinski definition) is 1. The predicted octanol–water partition coefficient (Wildman–Crippen LogP) is 5.25. The number of ether oxygens (including phenoxy) is 1. The molecule has 0 aliphatic heterocycles. The predicted molar refractivity (Wildman–Crippen MR) is 84.6 cm³/mol. The first-order valence-corrected chi connectivity index (χ1v) is 7.27. The van der Waals surface area contributed by atoms with E-state index in [0.29, 0.717) is 28.9 Å². The van der Waals surface area contributed by atoms with E-state index in [1.807, 2.05) is 24.3 Å². The highest BCUT2D eigenvalue weighted by molar-refractivity contribution is 9.10. The molecule has 0 aliphatic carbocycles. The van der Waals surface area contributed by atoms with Crippen LogP contribution in [0.5, 0.6) is 5.75 Å². The van der Waals surface area contributed by atoms with Crippen LogP contribution in [0, 0.1) is 0 Å². The van der Waals surface area contributed by atoms with Crippen LogP contribution in [0.2, 0.25) is 10.0 Å². The largest absolute Gasteiger partial charge is 0.492 e. The maximum Gasteiger partial charge on any atom is 0.120 e. The molecule has 0 amide bonds. The molecule has 0 aliphatic rings. The number of benzene rings is 2. The van der Waals surface area contributed by atoms with Crippen LogP contribution in [-0.2, 0) is 0 Å². The van der Waals surface area contributed by atoms with Crippen LogP contribution >= 0.6 is 39.1 Å². The minimum absolute atomic E-state index is 0.499. The van der Waals surface area contributed by atoms with Gasteiger partial charge in [0.1, 0.15) is 12.4 Å². The first-order chi connectivity index (χ1) is 9.15. The molecule has 19 heavy (non-hydrogen) atoms. The van der Waals surface area contributed by atoms with Gasteiger partial charge in [0.15, 0.2) is 0 Å². The van der Waals surface area contributed by atoms with Gasteiger partial charge in [0.25, 0.3) is 0 Å². The van der Waals surface area contributed by atoms with E-state index in [4.69, 9.17) is 27.9 Å². The van der Waals surface area contributed by atoms with Crippen LogP contribution in [0.3, 0.4) is 0 Å².